The Hall–Kier alpha value is -1.96. The van der Waals surface area contributed by atoms with Gasteiger partial charge in [-0.05, 0) is 31.5 Å². The van der Waals surface area contributed by atoms with Gasteiger partial charge in [-0.15, -0.1) is 0 Å². The van der Waals surface area contributed by atoms with Gasteiger partial charge in [-0.1, -0.05) is 0 Å². The van der Waals surface area contributed by atoms with Crippen molar-refractivity contribution in [3.05, 3.63) is 23.8 Å². The first-order chi connectivity index (χ1) is 18.9. The van der Waals surface area contributed by atoms with Crippen LogP contribution in [0.2, 0.25) is 0 Å². The summed E-state index contributed by atoms with van der Waals surface area (Å²) in [5.41, 5.74) is -3.89. The number of esters is 1. The molecule has 6 N–H and O–H groups in total. The summed E-state index contributed by atoms with van der Waals surface area (Å²) in [7, 11) is 1.32. The Morgan fingerprint density at radius 3 is 2.60 bits per heavy atom. The maximum atomic E-state index is 13.1. The number of benzene rings is 1. The summed E-state index contributed by atoms with van der Waals surface area (Å²) in [6.07, 6.45) is -8.87. The fourth-order valence-electron chi connectivity index (χ4n) is 7.30. The molecule has 8 rings (SSSR count). The summed E-state index contributed by atoms with van der Waals surface area (Å²) in [6.45, 7) is 0.618. The highest BCUT2D eigenvalue weighted by Gasteiger charge is 2.95. The molecule has 0 spiro atoms. The smallest absolute Gasteiger partial charge is 0.338 e. The van der Waals surface area contributed by atoms with E-state index in [2.05, 4.69) is 0 Å². The number of hydrogen-bond donors (Lipinski definition) is 6. The zero-order valence-corrected chi connectivity index (χ0v) is 22.2. The van der Waals surface area contributed by atoms with Crippen LogP contribution in [-0.4, -0.2) is 115 Å². The van der Waals surface area contributed by atoms with Crippen molar-refractivity contribution in [1.29, 1.82) is 0 Å². The number of methoxy groups -OCH3 is 1. The summed E-state index contributed by atoms with van der Waals surface area (Å²) in [5, 5.41) is 50.7. The Balaban J connectivity index is 1.34. The predicted octanol–water partition coefficient (Wildman–Crippen LogP) is -1.48. The molecule has 6 bridgehead atoms. The lowest BCUT2D eigenvalue weighted by molar-refractivity contribution is -0.419. The van der Waals surface area contributed by atoms with E-state index in [9.17, 15) is 39.1 Å². The molecule has 16 heteroatoms. The molecule has 4 aliphatic heterocycles. The number of aliphatic hydroxyl groups excluding tert-OH is 4. The number of hydrogen-bond acceptors (Lipinski definition) is 14. The molecule has 15 nitrogen and oxygen atoms in total. The Kier molecular flexibility index (Phi) is 6.53. The van der Waals surface area contributed by atoms with Crippen molar-refractivity contribution in [1.82, 2.24) is 0 Å². The van der Waals surface area contributed by atoms with Crippen LogP contribution in [0.5, 0.6) is 11.5 Å². The monoisotopic (exact) mass is 590 g/mol. The highest BCUT2D eigenvalue weighted by atomic mass is 32.2. The maximum Gasteiger partial charge on any atom is 0.338 e. The second-order valence-corrected chi connectivity index (χ2v) is 11.6. The molecule has 4 saturated heterocycles. The van der Waals surface area contributed by atoms with Crippen molar-refractivity contribution in [2.24, 2.45) is 11.3 Å². The first-order valence-electron chi connectivity index (χ1n) is 12.6. The number of carbonyl (C=O) groups excluding carboxylic acids is 1. The molecule has 0 radical (unpaired) electrons. The van der Waals surface area contributed by atoms with Gasteiger partial charge in [-0.2, -0.15) is 4.21 Å². The fraction of sp³-hybridized carbons (Fsp3) is 0.708. The standard InChI is InChI=1S/C24H30O15S/c1-21-8-23(39-40(31)32)14-6-24(21,36-19-17(29)16(28)15(27)13(7-25)35-19)22(14,20(37-21)38-23)9-34-18(30)10-3-4-11(26)12(5-10)33-2/h3-5,13-17,19-20,25-29H,6-9H2,1-2H3,(H,31,32)/t13-,14-,15-,16+,17-,19+,20-,21+,22+,23+,24+/m1/s1. The number of phenols is 1. The van der Waals surface area contributed by atoms with Crippen LogP contribution in [0.1, 0.15) is 30.1 Å². The van der Waals surface area contributed by atoms with E-state index in [0.717, 1.165) is 0 Å². The Bertz CT molecular complexity index is 1230. The van der Waals surface area contributed by atoms with Crippen LogP contribution in [0.15, 0.2) is 18.2 Å². The van der Waals surface area contributed by atoms with Gasteiger partial charge >= 0.3 is 17.3 Å². The van der Waals surface area contributed by atoms with Gasteiger partial charge in [0.2, 0.25) is 0 Å². The topological polar surface area (TPSA) is 220 Å². The van der Waals surface area contributed by atoms with E-state index in [1.807, 2.05) is 0 Å². The zero-order valence-electron chi connectivity index (χ0n) is 21.4. The van der Waals surface area contributed by atoms with Gasteiger partial charge in [-0.25, -0.2) is 8.98 Å². The normalized spacial score (nSPS) is 47.1. The van der Waals surface area contributed by atoms with Crippen molar-refractivity contribution < 1.29 is 71.7 Å². The van der Waals surface area contributed by atoms with Crippen LogP contribution in [-0.2, 0) is 39.2 Å². The van der Waals surface area contributed by atoms with Gasteiger partial charge in [-0.3, -0.25) is 4.55 Å². The van der Waals surface area contributed by atoms with Crippen LogP contribution < -0.4 is 4.74 Å². The number of phenolic OH excluding ortho intramolecular Hbond substituents is 1. The third-order valence-corrected chi connectivity index (χ3v) is 9.59. The molecule has 40 heavy (non-hydrogen) atoms. The lowest BCUT2D eigenvalue weighted by Crippen LogP contribution is -2.81. The summed E-state index contributed by atoms with van der Waals surface area (Å²) >= 11 is -2.71. The molecule has 1 unspecified atom stereocenters. The first kappa shape index (κ1) is 28.2. The molecule has 7 fully saturated rings. The lowest BCUT2D eigenvalue weighted by Gasteiger charge is -2.68. The lowest BCUT2D eigenvalue weighted by atomic mass is 9.41. The van der Waals surface area contributed by atoms with Crippen LogP contribution >= 0.6 is 0 Å². The third-order valence-electron chi connectivity index (χ3n) is 9.16. The number of aliphatic hydroxyl groups is 4. The molecule has 12 atom stereocenters. The highest BCUT2D eigenvalue weighted by molar-refractivity contribution is 7.74. The van der Waals surface area contributed by atoms with Crippen LogP contribution in [0.3, 0.4) is 0 Å². The quantitative estimate of drug-likeness (QED) is 0.143. The molecular weight excluding hydrogens is 560 g/mol. The predicted molar refractivity (Wildman–Crippen MR) is 127 cm³/mol. The summed E-state index contributed by atoms with van der Waals surface area (Å²) < 4.78 is 61.7. The SMILES string of the molecule is COc1cc(C(=O)OC[C@]23[C@H]4O[C@]5(OS(=O)O)C[C@](C)(O4)[C@@]2(O[C@@H]2O[C@H](CO)[C@@H](O)[C@H](O)[C@H]2O)C[C@@H]53)ccc1O. The van der Waals surface area contributed by atoms with E-state index in [4.69, 9.17) is 32.6 Å². The average Bonchev–Trinajstić information content (AvgIpc) is 3.10. The van der Waals surface area contributed by atoms with Crippen molar-refractivity contribution in [3.63, 3.8) is 0 Å². The van der Waals surface area contributed by atoms with Crippen LogP contribution in [0.4, 0.5) is 0 Å². The largest absolute Gasteiger partial charge is 0.504 e. The number of ether oxygens (including phenoxy) is 6. The molecule has 7 aliphatic rings. The summed E-state index contributed by atoms with van der Waals surface area (Å²) in [4.78, 5) is 13.1. The van der Waals surface area contributed by atoms with Crippen LogP contribution in [0.25, 0.3) is 0 Å². The van der Waals surface area contributed by atoms with E-state index >= 15 is 0 Å². The number of carbonyl (C=O) groups is 1. The van der Waals surface area contributed by atoms with Gasteiger partial charge in [0, 0.05) is 12.3 Å². The third kappa shape index (κ3) is 3.53. The van der Waals surface area contributed by atoms with Crippen molar-refractivity contribution >= 4 is 17.3 Å². The van der Waals surface area contributed by atoms with E-state index in [1.165, 1.54) is 25.3 Å². The zero-order chi connectivity index (χ0) is 28.8. The van der Waals surface area contributed by atoms with Crippen LogP contribution in [0, 0.1) is 11.3 Å². The molecule has 222 valence electrons. The Morgan fingerprint density at radius 2 is 1.93 bits per heavy atom. The van der Waals surface area contributed by atoms with Gasteiger partial charge < -0.3 is 54.0 Å². The average molecular weight is 591 g/mol. The van der Waals surface area contributed by atoms with E-state index < -0.39 is 89.3 Å². The van der Waals surface area contributed by atoms with Crippen molar-refractivity contribution in [2.45, 2.75) is 73.8 Å². The molecule has 0 aromatic heterocycles. The van der Waals surface area contributed by atoms with Gasteiger partial charge in [0.25, 0.3) is 0 Å². The van der Waals surface area contributed by atoms with E-state index in [-0.39, 0.29) is 36.5 Å². The Labute approximate surface area is 229 Å². The van der Waals surface area contributed by atoms with E-state index in [1.54, 1.807) is 6.92 Å². The summed E-state index contributed by atoms with van der Waals surface area (Å²) in [5.74, 6) is -3.14. The van der Waals surface area contributed by atoms with Gasteiger partial charge in [0.1, 0.15) is 42.2 Å². The molecule has 0 amide bonds. The minimum Gasteiger partial charge on any atom is -0.504 e. The van der Waals surface area contributed by atoms with Gasteiger partial charge in [0.05, 0.1) is 24.7 Å². The molecule has 4 heterocycles. The molecule has 1 aromatic rings. The summed E-state index contributed by atoms with van der Waals surface area (Å²) in [6, 6.07) is 3.90. The van der Waals surface area contributed by atoms with Crippen molar-refractivity contribution in [3.8, 4) is 11.5 Å². The second-order valence-electron chi connectivity index (χ2n) is 11.0. The number of rotatable bonds is 9. The first-order valence-corrected chi connectivity index (χ1v) is 13.6. The highest BCUT2D eigenvalue weighted by Crippen LogP contribution is 2.82. The van der Waals surface area contributed by atoms with Gasteiger partial charge in [0.15, 0.2) is 29.9 Å². The fourth-order valence-corrected chi connectivity index (χ4v) is 7.76. The molecule has 1 aromatic carbocycles. The minimum absolute atomic E-state index is 0.0516. The molecule has 3 aliphatic carbocycles. The number of aromatic hydroxyl groups is 1. The van der Waals surface area contributed by atoms with Crippen molar-refractivity contribution in [2.75, 3.05) is 20.3 Å². The molecule has 3 saturated carbocycles. The second kappa shape index (κ2) is 9.27. The molecular formula is C24H30O15S. The minimum atomic E-state index is -2.71. The Morgan fingerprint density at radius 1 is 1.18 bits per heavy atom. The maximum absolute atomic E-state index is 13.1. The van der Waals surface area contributed by atoms with E-state index in [0.29, 0.717) is 0 Å².